The average molecular weight is 451 g/mol. The largest absolute Gasteiger partial charge is 0.354 e. The lowest BCUT2D eigenvalue weighted by molar-refractivity contribution is -0.140. The molecule has 33 heavy (non-hydrogen) atoms. The van der Waals surface area contributed by atoms with Gasteiger partial charge in [-0.15, -0.1) is 0 Å². The molecule has 3 aromatic rings. The monoisotopic (exact) mass is 450 g/mol. The van der Waals surface area contributed by atoms with E-state index < -0.39 is 17.7 Å². The minimum Gasteiger partial charge on any atom is -0.354 e. The van der Waals surface area contributed by atoms with Crippen molar-refractivity contribution >= 4 is 11.8 Å². The first kappa shape index (κ1) is 24.1. The third-order valence-corrected chi connectivity index (χ3v) is 5.39. The Balaban J connectivity index is 1.95. The molecule has 0 aliphatic rings. The van der Waals surface area contributed by atoms with Gasteiger partial charge in [-0.2, -0.15) is 0 Å². The van der Waals surface area contributed by atoms with Crippen LogP contribution in [0.15, 0.2) is 78.9 Å². The molecule has 0 spiro atoms. The molecule has 1 N–H and O–H groups in total. The van der Waals surface area contributed by atoms with Crippen molar-refractivity contribution in [3.63, 3.8) is 0 Å². The summed E-state index contributed by atoms with van der Waals surface area (Å²) >= 11 is 0. The standard InChI is InChI=1S/C27H28F2N2O2/c1-2-16-30-27(33)25(17-20-8-4-3-5-9-20)31(19-22-10-6-7-11-24(22)29)26(32)18-21-12-14-23(28)15-13-21/h3-15,25H,2,16-19H2,1H3,(H,30,33)/t25-/m0/s1. The zero-order chi connectivity index (χ0) is 23.6. The van der Waals surface area contributed by atoms with Crippen LogP contribution in [0.4, 0.5) is 8.78 Å². The molecular weight excluding hydrogens is 422 g/mol. The first-order chi connectivity index (χ1) is 16.0. The first-order valence-electron chi connectivity index (χ1n) is 11.1. The normalized spacial score (nSPS) is 11.6. The van der Waals surface area contributed by atoms with Crippen LogP contribution in [-0.2, 0) is 29.0 Å². The zero-order valence-electron chi connectivity index (χ0n) is 18.6. The van der Waals surface area contributed by atoms with Crippen molar-refractivity contribution in [2.45, 2.75) is 38.8 Å². The van der Waals surface area contributed by atoms with Gasteiger partial charge in [-0.1, -0.05) is 67.6 Å². The van der Waals surface area contributed by atoms with Gasteiger partial charge in [-0.05, 0) is 35.7 Å². The van der Waals surface area contributed by atoms with Crippen LogP contribution in [-0.4, -0.2) is 29.3 Å². The van der Waals surface area contributed by atoms with Gasteiger partial charge < -0.3 is 10.2 Å². The smallest absolute Gasteiger partial charge is 0.243 e. The highest BCUT2D eigenvalue weighted by Gasteiger charge is 2.30. The van der Waals surface area contributed by atoms with Gasteiger partial charge in [0.15, 0.2) is 0 Å². The summed E-state index contributed by atoms with van der Waals surface area (Å²) in [5.41, 5.74) is 1.83. The number of rotatable bonds is 10. The summed E-state index contributed by atoms with van der Waals surface area (Å²) in [4.78, 5) is 28.1. The molecule has 0 fully saturated rings. The number of carbonyl (C=O) groups excluding carboxylic acids is 2. The van der Waals surface area contributed by atoms with Crippen molar-refractivity contribution < 1.29 is 18.4 Å². The van der Waals surface area contributed by atoms with Gasteiger partial charge in [0.25, 0.3) is 0 Å². The summed E-state index contributed by atoms with van der Waals surface area (Å²) in [6.45, 7) is 2.37. The van der Waals surface area contributed by atoms with Gasteiger partial charge >= 0.3 is 0 Å². The number of nitrogens with one attached hydrogen (secondary N) is 1. The topological polar surface area (TPSA) is 49.4 Å². The molecule has 0 radical (unpaired) electrons. The van der Waals surface area contributed by atoms with Crippen LogP contribution in [0.2, 0.25) is 0 Å². The molecule has 0 saturated heterocycles. The van der Waals surface area contributed by atoms with Crippen LogP contribution >= 0.6 is 0 Å². The fraction of sp³-hybridized carbons (Fsp3) is 0.259. The van der Waals surface area contributed by atoms with E-state index in [1.165, 1.54) is 35.2 Å². The maximum absolute atomic E-state index is 14.5. The predicted molar refractivity (Wildman–Crippen MR) is 124 cm³/mol. The van der Waals surface area contributed by atoms with Crippen LogP contribution < -0.4 is 5.32 Å². The number of nitrogens with zero attached hydrogens (tertiary/aromatic N) is 1. The van der Waals surface area contributed by atoms with Crippen molar-refractivity contribution in [1.82, 2.24) is 10.2 Å². The van der Waals surface area contributed by atoms with E-state index in [2.05, 4.69) is 5.32 Å². The highest BCUT2D eigenvalue weighted by Crippen LogP contribution is 2.18. The van der Waals surface area contributed by atoms with Gasteiger partial charge in [0.1, 0.15) is 17.7 Å². The van der Waals surface area contributed by atoms with E-state index in [1.807, 2.05) is 37.3 Å². The van der Waals surface area contributed by atoms with Crippen molar-refractivity contribution in [3.8, 4) is 0 Å². The van der Waals surface area contributed by atoms with Crippen molar-refractivity contribution in [2.75, 3.05) is 6.54 Å². The van der Waals surface area contributed by atoms with Crippen LogP contribution in [0.25, 0.3) is 0 Å². The minimum atomic E-state index is -0.827. The van der Waals surface area contributed by atoms with Crippen molar-refractivity contribution in [1.29, 1.82) is 0 Å². The summed E-state index contributed by atoms with van der Waals surface area (Å²) in [6.07, 6.45) is 1.02. The number of amides is 2. The molecule has 0 heterocycles. The molecular formula is C27H28F2N2O2. The Kier molecular flexibility index (Phi) is 8.70. The van der Waals surface area contributed by atoms with Crippen LogP contribution in [0.5, 0.6) is 0 Å². The summed E-state index contributed by atoms with van der Waals surface area (Å²) in [7, 11) is 0. The Hall–Kier alpha value is -3.54. The maximum atomic E-state index is 14.5. The molecule has 0 saturated carbocycles. The molecule has 6 heteroatoms. The summed E-state index contributed by atoms with van der Waals surface area (Å²) in [5, 5.41) is 2.88. The third-order valence-electron chi connectivity index (χ3n) is 5.39. The molecule has 0 bridgehead atoms. The fourth-order valence-electron chi connectivity index (χ4n) is 3.61. The van der Waals surface area contributed by atoms with Crippen LogP contribution in [0.1, 0.15) is 30.0 Å². The van der Waals surface area contributed by atoms with E-state index in [4.69, 9.17) is 0 Å². The number of carbonyl (C=O) groups is 2. The van der Waals surface area contributed by atoms with Gasteiger partial charge in [0, 0.05) is 25.1 Å². The van der Waals surface area contributed by atoms with E-state index in [1.54, 1.807) is 18.2 Å². The van der Waals surface area contributed by atoms with Crippen molar-refractivity contribution in [3.05, 3.63) is 107 Å². The molecule has 172 valence electrons. The Morgan fingerprint density at radius 2 is 1.55 bits per heavy atom. The highest BCUT2D eigenvalue weighted by atomic mass is 19.1. The van der Waals surface area contributed by atoms with E-state index in [0.717, 1.165) is 12.0 Å². The molecule has 3 rings (SSSR count). The third kappa shape index (κ3) is 6.97. The molecule has 0 aliphatic heterocycles. The van der Waals surface area contributed by atoms with Gasteiger partial charge in [0.2, 0.25) is 11.8 Å². The van der Waals surface area contributed by atoms with Gasteiger partial charge in [-0.25, -0.2) is 8.78 Å². The first-order valence-corrected chi connectivity index (χ1v) is 11.1. The number of halogens is 2. The molecule has 4 nitrogen and oxygen atoms in total. The van der Waals surface area contributed by atoms with Crippen LogP contribution in [0.3, 0.4) is 0 Å². The lowest BCUT2D eigenvalue weighted by atomic mass is 10.0. The summed E-state index contributed by atoms with van der Waals surface area (Å²) < 4.78 is 27.8. The molecule has 3 aromatic carbocycles. The van der Waals surface area contributed by atoms with Gasteiger partial charge in [-0.3, -0.25) is 9.59 Å². The molecule has 1 atom stereocenters. The van der Waals surface area contributed by atoms with Gasteiger partial charge in [0.05, 0.1) is 6.42 Å². The molecule has 0 unspecified atom stereocenters. The van der Waals surface area contributed by atoms with Crippen LogP contribution in [0, 0.1) is 11.6 Å². The number of benzene rings is 3. The lowest BCUT2D eigenvalue weighted by Gasteiger charge is -2.31. The van der Waals surface area contributed by atoms with Crippen molar-refractivity contribution in [2.24, 2.45) is 0 Å². The Morgan fingerprint density at radius 3 is 2.21 bits per heavy atom. The average Bonchev–Trinajstić information content (AvgIpc) is 2.83. The minimum absolute atomic E-state index is 0.0267. The Bertz CT molecular complexity index is 1060. The van der Waals surface area contributed by atoms with E-state index in [-0.39, 0.29) is 24.8 Å². The summed E-state index contributed by atoms with van der Waals surface area (Å²) in [5.74, 6) is -1.46. The highest BCUT2D eigenvalue weighted by molar-refractivity contribution is 5.88. The zero-order valence-corrected chi connectivity index (χ0v) is 18.6. The number of hydrogen-bond donors (Lipinski definition) is 1. The predicted octanol–water partition coefficient (Wildman–Crippen LogP) is 4.67. The van der Waals surface area contributed by atoms with E-state index >= 15 is 0 Å². The quantitative estimate of drug-likeness (QED) is 0.488. The second-order valence-corrected chi connectivity index (χ2v) is 7.91. The SMILES string of the molecule is CCCNC(=O)[C@H](Cc1ccccc1)N(Cc1ccccc1F)C(=O)Cc1ccc(F)cc1. The van der Waals surface area contributed by atoms with E-state index in [9.17, 15) is 18.4 Å². The van der Waals surface area contributed by atoms with E-state index in [0.29, 0.717) is 24.1 Å². The number of hydrogen-bond acceptors (Lipinski definition) is 2. The molecule has 0 aromatic heterocycles. The second kappa shape index (κ2) is 11.9. The Labute approximate surface area is 193 Å². The molecule has 0 aliphatic carbocycles. The second-order valence-electron chi connectivity index (χ2n) is 7.91. The maximum Gasteiger partial charge on any atom is 0.243 e. The summed E-state index contributed by atoms with van der Waals surface area (Å²) in [6, 6.07) is 20.5. The molecule has 2 amide bonds. The lowest BCUT2D eigenvalue weighted by Crippen LogP contribution is -2.51. The Morgan fingerprint density at radius 1 is 0.879 bits per heavy atom. The fourth-order valence-corrected chi connectivity index (χ4v) is 3.61.